The highest BCUT2D eigenvalue weighted by atomic mass is 16.2. The highest BCUT2D eigenvalue weighted by molar-refractivity contribution is 5.94. The molecular formula is C13H15N5O. The predicted octanol–water partition coefficient (Wildman–Crippen LogP) is 1.03. The standard InChI is InChI=1S/C13H15N5O/c1-18(9-10-3-2-5-15-8-10)13(19)11-4-6-16-12(7-11)17-14/h2-8H,9,14H2,1H3,(H,16,17). The molecule has 0 radical (unpaired) electrons. The summed E-state index contributed by atoms with van der Waals surface area (Å²) in [5.74, 6) is 5.64. The molecular weight excluding hydrogens is 242 g/mol. The molecule has 2 heterocycles. The number of nitrogens with two attached hydrogens (primary N) is 1. The van der Waals surface area contributed by atoms with E-state index in [1.54, 1.807) is 42.7 Å². The average molecular weight is 257 g/mol. The van der Waals surface area contributed by atoms with Gasteiger partial charge in [-0.3, -0.25) is 9.78 Å². The number of hydrazine groups is 1. The summed E-state index contributed by atoms with van der Waals surface area (Å²) < 4.78 is 0. The Hall–Kier alpha value is -2.47. The van der Waals surface area contributed by atoms with E-state index in [0.29, 0.717) is 17.9 Å². The lowest BCUT2D eigenvalue weighted by Gasteiger charge is -2.17. The van der Waals surface area contributed by atoms with Crippen molar-refractivity contribution in [3.63, 3.8) is 0 Å². The Labute approximate surface area is 111 Å². The molecule has 1 amide bonds. The number of pyridine rings is 2. The zero-order valence-corrected chi connectivity index (χ0v) is 10.6. The minimum absolute atomic E-state index is 0.0947. The van der Waals surface area contributed by atoms with Crippen molar-refractivity contribution in [3.8, 4) is 0 Å². The third-order valence-corrected chi connectivity index (χ3v) is 2.64. The van der Waals surface area contributed by atoms with Gasteiger partial charge in [0, 0.05) is 37.7 Å². The molecule has 0 aliphatic carbocycles. The lowest BCUT2D eigenvalue weighted by molar-refractivity contribution is 0.0785. The molecule has 2 rings (SSSR count). The number of amides is 1. The minimum atomic E-state index is -0.0947. The van der Waals surface area contributed by atoms with E-state index in [9.17, 15) is 4.79 Å². The lowest BCUT2D eigenvalue weighted by Crippen LogP contribution is -2.26. The van der Waals surface area contributed by atoms with Crippen LogP contribution in [0.3, 0.4) is 0 Å². The van der Waals surface area contributed by atoms with Crippen molar-refractivity contribution < 1.29 is 4.79 Å². The first kappa shape index (κ1) is 13.0. The second-order valence-corrected chi connectivity index (χ2v) is 4.10. The van der Waals surface area contributed by atoms with Crippen LogP contribution in [0.5, 0.6) is 0 Å². The smallest absolute Gasteiger partial charge is 0.254 e. The van der Waals surface area contributed by atoms with Crippen molar-refractivity contribution in [1.29, 1.82) is 0 Å². The number of nitrogens with one attached hydrogen (secondary N) is 1. The maximum atomic E-state index is 12.2. The van der Waals surface area contributed by atoms with Crippen LogP contribution < -0.4 is 11.3 Å². The van der Waals surface area contributed by atoms with Crippen molar-refractivity contribution in [2.24, 2.45) is 5.84 Å². The Morgan fingerprint density at radius 2 is 2.26 bits per heavy atom. The molecule has 0 aromatic carbocycles. The maximum Gasteiger partial charge on any atom is 0.254 e. The van der Waals surface area contributed by atoms with Crippen LogP contribution in [0.15, 0.2) is 42.9 Å². The van der Waals surface area contributed by atoms with Crippen molar-refractivity contribution >= 4 is 11.7 Å². The SMILES string of the molecule is CN(Cc1cccnc1)C(=O)c1ccnc(NN)c1. The van der Waals surface area contributed by atoms with Crippen LogP contribution in [-0.2, 0) is 6.54 Å². The number of anilines is 1. The molecule has 0 unspecified atom stereocenters. The van der Waals surface area contributed by atoms with Gasteiger partial charge in [0.1, 0.15) is 5.82 Å². The number of hydrogen-bond donors (Lipinski definition) is 2. The summed E-state index contributed by atoms with van der Waals surface area (Å²) in [6.07, 6.45) is 4.98. The summed E-state index contributed by atoms with van der Waals surface area (Å²) >= 11 is 0. The Morgan fingerprint density at radius 1 is 1.42 bits per heavy atom. The maximum absolute atomic E-state index is 12.2. The van der Waals surface area contributed by atoms with Crippen LogP contribution in [0.2, 0.25) is 0 Å². The van der Waals surface area contributed by atoms with Gasteiger partial charge in [-0.15, -0.1) is 0 Å². The number of aromatic nitrogens is 2. The Kier molecular flexibility index (Phi) is 4.04. The van der Waals surface area contributed by atoms with Crippen LogP contribution in [0, 0.1) is 0 Å². The predicted molar refractivity (Wildman–Crippen MR) is 72.1 cm³/mol. The highest BCUT2D eigenvalue weighted by Gasteiger charge is 2.12. The first-order chi connectivity index (χ1) is 9.20. The van der Waals surface area contributed by atoms with Crippen molar-refractivity contribution in [2.45, 2.75) is 6.54 Å². The molecule has 0 aliphatic heterocycles. The second-order valence-electron chi connectivity index (χ2n) is 4.10. The Morgan fingerprint density at radius 3 is 2.95 bits per heavy atom. The van der Waals surface area contributed by atoms with E-state index < -0.39 is 0 Å². The zero-order valence-electron chi connectivity index (χ0n) is 10.6. The fourth-order valence-electron chi connectivity index (χ4n) is 1.70. The number of nitrogen functional groups attached to an aromatic ring is 1. The van der Waals surface area contributed by atoms with Gasteiger partial charge in [-0.1, -0.05) is 6.07 Å². The van der Waals surface area contributed by atoms with E-state index in [-0.39, 0.29) is 5.91 Å². The van der Waals surface area contributed by atoms with Gasteiger partial charge in [-0.05, 0) is 23.8 Å². The van der Waals surface area contributed by atoms with Crippen LogP contribution in [0.1, 0.15) is 15.9 Å². The molecule has 2 aromatic heterocycles. The van der Waals surface area contributed by atoms with Crippen molar-refractivity contribution in [2.75, 3.05) is 12.5 Å². The number of rotatable bonds is 4. The third kappa shape index (κ3) is 3.26. The quantitative estimate of drug-likeness (QED) is 0.631. The van der Waals surface area contributed by atoms with Crippen molar-refractivity contribution in [1.82, 2.24) is 14.9 Å². The molecule has 98 valence electrons. The minimum Gasteiger partial charge on any atom is -0.337 e. The van der Waals surface area contributed by atoms with Gasteiger partial charge < -0.3 is 10.3 Å². The molecule has 3 N–H and O–H groups in total. The largest absolute Gasteiger partial charge is 0.337 e. The van der Waals surface area contributed by atoms with Crippen LogP contribution in [-0.4, -0.2) is 27.8 Å². The number of nitrogens with zero attached hydrogens (tertiary/aromatic N) is 3. The average Bonchev–Trinajstić information content (AvgIpc) is 2.47. The molecule has 0 aliphatic rings. The molecule has 6 heteroatoms. The molecule has 0 fully saturated rings. The highest BCUT2D eigenvalue weighted by Crippen LogP contribution is 2.10. The topological polar surface area (TPSA) is 84.1 Å². The first-order valence-electron chi connectivity index (χ1n) is 5.77. The fraction of sp³-hybridized carbons (Fsp3) is 0.154. The number of carbonyl (C=O) groups excluding carboxylic acids is 1. The van der Waals surface area contributed by atoms with E-state index in [1.165, 1.54) is 0 Å². The van der Waals surface area contributed by atoms with E-state index in [0.717, 1.165) is 5.56 Å². The monoisotopic (exact) mass is 257 g/mol. The zero-order chi connectivity index (χ0) is 13.7. The first-order valence-corrected chi connectivity index (χ1v) is 5.77. The molecule has 0 saturated heterocycles. The van der Waals surface area contributed by atoms with E-state index in [1.807, 2.05) is 12.1 Å². The van der Waals surface area contributed by atoms with E-state index >= 15 is 0 Å². The van der Waals surface area contributed by atoms with Crippen LogP contribution >= 0.6 is 0 Å². The normalized spacial score (nSPS) is 10.0. The molecule has 0 spiro atoms. The Balaban J connectivity index is 2.10. The summed E-state index contributed by atoms with van der Waals surface area (Å²) in [5, 5.41) is 0. The molecule has 0 atom stereocenters. The molecule has 19 heavy (non-hydrogen) atoms. The van der Waals surface area contributed by atoms with Crippen molar-refractivity contribution in [3.05, 3.63) is 54.0 Å². The summed E-state index contributed by atoms with van der Waals surface area (Å²) in [7, 11) is 1.74. The van der Waals surface area contributed by atoms with Gasteiger partial charge in [0.25, 0.3) is 5.91 Å². The van der Waals surface area contributed by atoms with Crippen LogP contribution in [0.25, 0.3) is 0 Å². The third-order valence-electron chi connectivity index (χ3n) is 2.64. The second kappa shape index (κ2) is 5.92. The van der Waals surface area contributed by atoms with Gasteiger partial charge in [-0.2, -0.15) is 0 Å². The van der Waals surface area contributed by atoms with E-state index in [4.69, 9.17) is 5.84 Å². The molecule has 0 bridgehead atoms. The summed E-state index contributed by atoms with van der Waals surface area (Å²) in [6.45, 7) is 0.500. The summed E-state index contributed by atoms with van der Waals surface area (Å²) in [6, 6.07) is 7.04. The molecule has 6 nitrogen and oxygen atoms in total. The summed E-state index contributed by atoms with van der Waals surface area (Å²) in [4.78, 5) is 21.8. The Bertz CT molecular complexity index is 558. The lowest BCUT2D eigenvalue weighted by atomic mass is 10.2. The number of carbonyl (C=O) groups is 1. The van der Waals surface area contributed by atoms with Gasteiger partial charge in [0.15, 0.2) is 0 Å². The molecule has 2 aromatic rings. The summed E-state index contributed by atoms with van der Waals surface area (Å²) in [5.41, 5.74) is 3.93. The van der Waals surface area contributed by atoms with E-state index in [2.05, 4.69) is 15.4 Å². The van der Waals surface area contributed by atoms with Gasteiger partial charge in [-0.25, -0.2) is 10.8 Å². The molecule has 0 saturated carbocycles. The fourth-order valence-corrected chi connectivity index (χ4v) is 1.70. The van der Waals surface area contributed by atoms with Gasteiger partial charge in [0.2, 0.25) is 0 Å². The van der Waals surface area contributed by atoms with Gasteiger partial charge >= 0.3 is 0 Å². The van der Waals surface area contributed by atoms with Crippen LogP contribution in [0.4, 0.5) is 5.82 Å². The number of hydrogen-bond acceptors (Lipinski definition) is 5. The van der Waals surface area contributed by atoms with Gasteiger partial charge in [0.05, 0.1) is 0 Å².